The van der Waals surface area contributed by atoms with Gasteiger partial charge in [0.05, 0.1) is 34.3 Å². The Bertz CT molecular complexity index is 993. The molecule has 154 valence electrons. The number of methoxy groups -OCH3 is 2. The van der Waals surface area contributed by atoms with Crippen molar-refractivity contribution in [3.63, 3.8) is 0 Å². The third-order valence-electron chi connectivity index (χ3n) is 4.02. The molecule has 3 rings (SSSR count). The van der Waals surface area contributed by atoms with Gasteiger partial charge in [-0.3, -0.25) is 0 Å². The van der Waals surface area contributed by atoms with Crippen LogP contribution >= 0.6 is 31.9 Å². The van der Waals surface area contributed by atoms with Gasteiger partial charge in [0.2, 0.25) is 0 Å². The van der Waals surface area contributed by atoms with Crippen LogP contribution in [0, 0.1) is 0 Å². The molecule has 0 unspecified atom stereocenters. The lowest BCUT2D eigenvalue weighted by Crippen LogP contribution is -2.10. The largest absolute Gasteiger partial charge is 0.496 e. The van der Waals surface area contributed by atoms with E-state index in [2.05, 4.69) is 31.9 Å². The normalized spacial score (nSPS) is 10.3. The molecule has 0 aromatic heterocycles. The summed E-state index contributed by atoms with van der Waals surface area (Å²) >= 11 is 6.67. The summed E-state index contributed by atoms with van der Waals surface area (Å²) in [4.78, 5) is 24.6. The summed E-state index contributed by atoms with van der Waals surface area (Å²) in [6, 6.07) is 16.0. The van der Waals surface area contributed by atoms with Gasteiger partial charge in [0.1, 0.15) is 23.0 Å². The molecule has 30 heavy (non-hydrogen) atoms. The van der Waals surface area contributed by atoms with Crippen LogP contribution < -0.4 is 18.9 Å². The van der Waals surface area contributed by atoms with Crippen LogP contribution in [-0.2, 0) is 0 Å². The van der Waals surface area contributed by atoms with Crippen molar-refractivity contribution in [3.05, 3.63) is 80.7 Å². The first-order valence-electron chi connectivity index (χ1n) is 8.62. The molecule has 0 aliphatic rings. The van der Waals surface area contributed by atoms with Crippen molar-refractivity contribution < 1.29 is 28.5 Å². The van der Waals surface area contributed by atoms with Crippen LogP contribution in [0.15, 0.2) is 69.6 Å². The van der Waals surface area contributed by atoms with Gasteiger partial charge in [-0.05, 0) is 92.5 Å². The van der Waals surface area contributed by atoms with E-state index in [9.17, 15) is 9.59 Å². The van der Waals surface area contributed by atoms with Gasteiger partial charge < -0.3 is 18.9 Å². The maximum atomic E-state index is 12.3. The van der Waals surface area contributed by atoms with E-state index in [1.165, 1.54) is 0 Å². The Hall–Kier alpha value is -2.84. The molecule has 0 amide bonds. The lowest BCUT2D eigenvalue weighted by atomic mass is 10.2. The molecule has 3 aromatic rings. The van der Waals surface area contributed by atoms with Crippen LogP contribution in [0.4, 0.5) is 0 Å². The molecule has 0 atom stereocenters. The van der Waals surface area contributed by atoms with Crippen LogP contribution in [0.5, 0.6) is 23.0 Å². The molecule has 0 aliphatic heterocycles. The van der Waals surface area contributed by atoms with Crippen molar-refractivity contribution in [2.45, 2.75) is 0 Å². The van der Waals surface area contributed by atoms with Crippen LogP contribution in [-0.4, -0.2) is 26.2 Å². The van der Waals surface area contributed by atoms with Gasteiger partial charge in [-0.1, -0.05) is 0 Å². The Morgan fingerprint density at radius 3 is 1.30 bits per heavy atom. The Kier molecular flexibility index (Phi) is 7.12. The van der Waals surface area contributed by atoms with Gasteiger partial charge in [-0.2, -0.15) is 0 Å². The molecular weight excluding hydrogens is 520 g/mol. The van der Waals surface area contributed by atoms with Crippen LogP contribution in [0.3, 0.4) is 0 Å². The Morgan fingerprint density at radius 2 is 1.00 bits per heavy atom. The molecule has 0 spiro atoms. The second-order valence-electron chi connectivity index (χ2n) is 5.95. The predicted molar refractivity (Wildman–Crippen MR) is 118 cm³/mol. The number of hydrogen-bond acceptors (Lipinski definition) is 6. The second-order valence-corrected chi connectivity index (χ2v) is 7.66. The molecule has 8 heteroatoms. The first kappa shape index (κ1) is 21.9. The van der Waals surface area contributed by atoms with E-state index in [0.717, 1.165) is 0 Å². The predicted octanol–water partition coefficient (Wildman–Crippen LogP) is 5.67. The molecular formula is C22H16Br2O6. The number of benzene rings is 3. The van der Waals surface area contributed by atoms with Gasteiger partial charge in [0, 0.05) is 0 Å². The van der Waals surface area contributed by atoms with Crippen LogP contribution in [0.1, 0.15) is 20.7 Å². The maximum Gasteiger partial charge on any atom is 0.343 e. The molecule has 0 radical (unpaired) electrons. The third kappa shape index (κ3) is 5.20. The third-order valence-corrected chi connectivity index (χ3v) is 5.26. The summed E-state index contributed by atoms with van der Waals surface area (Å²) in [6.45, 7) is 0. The number of ether oxygens (including phenoxy) is 4. The van der Waals surface area contributed by atoms with Crippen molar-refractivity contribution in [1.29, 1.82) is 0 Å². The van der Waals surface area contributed by atoms with Gasteiger partial charge in [-0.15, -0.1) is 0 Å². The van der Waals surface area contributed by atoms with E-state index in [-0.39, 0.29) is 0 Å². The van der Waals surface area contributed by atoms with Gasteiger partial charge >= 0.3 is 11.9 Å². The summed E-state index contributed by atoms with van der Waals surface area (Å²) < 4.78 is 22.3. The molecule has 0 heterocycles. The van der Waals surface area contributed by atoms with Crippen LogP contribution in [0.2, 0.25) is 0 Å². The zero-order valence-corrected chi connectivity index (χ0v) is 19.2. The number of esters is 2. The number of rotatable bonds is 6. The lowest BCUT2D eigenvalue weighted by molar-refractivity contribution is 0.0719. The molecule has 0 fully saturated rings. The van der Waals surface area contributed by atoms with Gasteiger partial charge in [0.15, 0.2) is 0 Å². The fourth-order valence-electron chi connectivity index (χ4n) is 2.49. The molecule has 6 nitrogen and oxygen atoms in total. The Labute approximate surface area is 190 Å². The standard InChI is InChI=1S/C22H16Br2O6/c1-27-19-9-3-13(11-17(19)23)21(25)29-15-5-7-16(8-6-15)30-22(26)14-4-10-20(28-2)18(24)12-14/h3-12H,1-2H3. The summed E-state index contributed by atoms with van der Waals surface area (Å²) in [5.74, 6) is 0.818. The molecule has 0 bridgehead atoms. The quantitative estimate of drug-likeness (QED) is 0.299. The van der Waals surface area contributed by atoms with Crippen molar-refractivity contribution in [2.24, 2.45) is 0 Å². The number of carbonyl (C=O) groups excluding carboxylic acids is 2. The monoisotopic (exact) mass is 534 g/mol. The molecule has 3 aromatic carbocycles. The van der Waals surface area contributed by atoms with E-state index >= 15 is 0 Å². The highest BCUT2D eigenvalue weighted by atomic mass is 79.9. The zero-order valence-electron chi connectivity index (χ0n) is 16.0. The van der Waals surface area contributed by atoms with Crippen molar-refractivity contribution in [3.8, 4) is 23.0 Å². The highest BCUT2D eigenvalue weighted by Gasteiger charge is 2.13. The minimum atomic E-state index is -0.522. The molecule has 0 aliphatic carbocycles. The van der Waals surface area contributed by atoms with E-state index in [0.29, 0.717) is 43.1 Å². The van der Waals surface area contributed by atoms with E-state index in [4.69, 9.17) is 18.9 Å². The summed E-state index contributed by atoms with van der Waals surface area (Å²) in [6.07, 6.45) is 0. The highest BCUT2D eigenvalue weighted by molar-refractivity contribution is 9.10. The van der Waals surface area contributed by atoms with E-state index < -0.39 is 11.9 Å². The fraction of sp³-hybridized carbons (Fsp3) is 0.0909. The Balaban J connectivity index is 1.64. The van der Waals surface area contributed by atoms with Crippen molar-refractivity contribution in [2.75, 3.05) is 14.2 Å². The summed E-state index contributed by atoms with van der Waals surface area (Å²) in [5, 5.41) is 0. The van der Waals surface area contributed by atoms with E-state index in [1.54, 1.807) is 74.9 Å². The van der Waals surface area contributed by atoms with Gasteiger partial charge in [0.25, 0.3) is 0 Å². The minimum absolute atomic E-state index is 0.318. The number of hydrogen-bond donors (Lipinski definition) is 0. The van der Waals surface area contributed by atoms with Gasteiger partial charge in [-0.25, -0.2) is 9.59 Å². The highest BCUT2D eigenvalue weighted by Crippen LogP contribution is 2.28. The molecule has 0 saturated carbocycles. The second kappa shape index (κ2) is 9.77. The smallest absolute Gasteiger partial charge is 0.343 e. The molecule has 0 N–H and O–H groups in total. The van der Waals surface area contributed by atoms with Crippen molar-refractivity contribution in [1.82, 2.24) is 0 Å². The minimum Gasteiger partial charge on any atom is -0.496 e. The number of halogens is 2. The summed E-state index contributed by atoms with van der Waals surface area (Å²) in [7, 11) is 3.08. The first-order valence-corrected chi connectivity index (χ1v) is 10.2. The Morgan fingerprint density at radius 1 is 0.633 bits per heavy atom. The summed E-state index contributed by atoms with van der Waals surface area (Å²) in [5.41, 5.74) is 0.728. The van der Waals surface area contributed by atoms with Crippen molar-refractivity contribution >= 4 is 43.8 Å². The lowest BCUT2D eigenvalue weighted by Gasteiger charge is -2.09. The first-order chi connectivity index (χ1) is 14.4. The maximum absolute atomic E-state index is 12.3. The average Bonchev–Trinajstić information content (AvgIpc) is 2.74. The zero-order chi connectivity index (χ0) is 21.7. The van der Waals surface area contributed by atoms with Crippen LogP contribution in [0.25, 0.3) is 0 Å². The SMILES string of the molecule is COc1ccc(C(=O)Oc2ccc(OC(=O)c3ccc(OC)c(Br)c3)cc2)cc1Br. The number of carbonyl (C=O) groups is 2. The average molecular weight is 536 g/mol. The topological polar surface area (TPSA) is 71.1 Å². The molecule has 0 saturated heterocycles. The van der Waals surface area contributed by atoms with E-state index in [1.807, 2.05) is 0 Å². The fourth-order valence-corrected chi connectivity index (χ4v) is 3.58.